The van der Waals surface area contributed by atoms with Gasteiger partial charge < -0.3 is 24.3 Å². The SMILES string of the molecule is COc1cc(C(=O)Nc2ccc3c(c2)OCCO3)cc(CN2C(=O)c3ccccc3C2=O)c1OC. The van der Waals surface area contributed by atoms with E-state index in [4.69, 9.17) is 18.9 Å². The highest BCUT2D eigenvalue weighted by Gasteiger charge is 2.36. The number of nitrogens with one attached hydrogen (secondary N) is 1. The van der Waals surface area contributed by atoms with Crippen LogP contribution in [0.25, 0.3) is 0 Å². The summed E-state index contributed by atoms with van der Waals surface area (Å²) in [5.41, 5.74) is 1.93. The second-order valence-electron chi connectivity index (χ2n) is 7.93. The molecular weight excluding hydrogens is 452 g/mol. The molecule has 9 heteroatoms. The zero-order valence-electron chi connectivity index (χ0n) is 19.1. The van der Waals surface area contributed by atoms with Crippen molar-refractivity contribution in [1.29, 1.82) is 0 Å². The van der Waals surface area contributed by atoms with E-state index in [-0.39, 0.29) is 12.1 Å². The van der Waals surface area contributed by atoms with Crippen molar-refractivity contribution in [3.8, 4) is 23.0 Å². The molecule has 0 spiro atoms. The monoisotopic (exact) mass is 474 g/mol. The van der Waals surface area contributed by atoms with Crippen LogP contribution in [-0.2, 0) is 6.54 Å². The Balaban J connectivity index is 1.44. The number of imide groups is 1. The molecule has 0 fully saturated rings. The topological polar surface area (TPSA) is 103 Å². The first-order chi connectivity index (χ1) is 17.0. The zero-order valence-corrected chi connectivity index (χ0v) is 19.1. The summed E-state index contributed by atoms with van der Waals surface area (Å²) >= 11 is 0. The van der Waals surface area contributed by atoms with E-state index in [0.29, 0.717) is 58.6 Å². The summed E-state index contributed by atoms with van der Waals surface area (Å²) in [4.78, 5) is 40.0. The molecule has 0 saturated carbocycles. The molecule has 5 rings (SSSR count). The third-order valence-corrected chi connectivity index (χ3v) is 5.82. The number of fused-ring (bicyclic) bond motifs is 2. The van der Waals surface area contributed by atoms with Gasteiger partial charge in [-0.3, -0.25) is 19.3 Å². The predicted octanol–water partition coefficient (Wildman–Crippen LogP) is 3.52. The second-order valence-corrected chi connectivity index (χ2v) is 7.93. The number of carbonyl (C=O) groups excluding carboxylic acids is 3. The molecule has 0 saturated heterocycles. The second kappa shape index (κ2) is 9.02. The van der Waals surface area contributed by atoms with Gasteiger partial charge >= 0.3 is 0 Å². The Morgan fingerprint density at radius 1 is 0.914 bits per heavy atom. The molecule has 0 aromatic heterocycles. The molecule has 1 N–H and O–H groups in total. The lowest BCUT2D eigenvalue weighted by molar-refractivity contribution is 0.0641. The highest BCUT2D eigenvalue weighted by atomic mass is 16.6. The number of hydrogen-bond acceptors (Lipinski definition) is 7. The van der Waals surface area contributed by atoms with Gasteiger partial charge in [-0.25, -0.2) is 0 Å². The van der Waals surface area contributed by atoms with E-state index >= 15 is 0 Å². The fourth-order valence-corrected chi connectivity index (χ4v) is 4.17. The Kier molecular flexibility index (Phi) is 5.74. The van der Waals surface area contributed by atoms with Gasteiger partial charge in [-0.1, -0.05) is 12.1 Å². The van der Waals surface area contributed by atoms with E-state index in [2.05, 4.69) is 5.32 Å². The number of nitrogens with zero attached hydrogens (tertiary/aromatic N) is 1. The first kappa shape index (κ1) is 22.3. The van der Waals surface area contributed by atoms with Gasteiger partial charge in [0.15, 0.2) is 23.0 Å². The minimum Gasteiger partial charge on any atom is -0.493 e. The van der Waals surface area contributed by atoms with Crippen LogP contribution < -0.4 is 24.3 Å². The summed E-state index contributed by atoms with van der Waals surface area (Å²) in [5.74, 6) is 0.576. The van der Waals surface area contributed by atoms with Crippen molar-refractivity contribution < 1.29 is 33.3 Å². The molecule has 35 heavy (non-hydrogen) atoms. The Labute approximate surface area is 201 Å². The molecular formula is C26H22N2O7. The Hall–Kier alpha value is -4.53. The lowest BCUT2D eigenvalue weighted by atomic mass is 10.1. The summed E-state index contributed by atoms with van der Waals surface area (Å²) in [6, 6.07) is 14.9. The first-order valence-corrected chi connectivity index (χ1v) is 10.9. The number of hydrogen-bond donors (Lipinski definition) is 1. The summed E-state index contributed by atoms with van der Waals surface area (Å²) in [5, 5.41) is 2.83. The van der Waals surface area contributed by atoms with Gasteiger partial charge in [0, 0.05) is 22.9 Å². The molecule has 3 aromatic carbocycles. The number of carbonyl (C=O) groups is 3. The van der Waals surface area contributed by atoms with Crippen LogP contribution in [0.4, 0.5) is 5.69 Å². The molecule has 0 unspecified atom stereocenters. The summed E-state index contributed by atoms with van der Waals surface area (Å²) < 4.78 is 22.0. The fourth-order valence-electron chi connectivity index (χ4n) is 4.17. The fraction of sp³-hybridized carbons (Fsp3) is 0.192. The van der Waals surface area contributed by atoms with Crippen molar-refractivity contribution in [2.24, 2.45) is 0 Å². The number of amides is 3. The highest BCUT2D eigenvalue weighted by Crippen LogP contribution is 2.36. The van der Waals surface area contributed by atoms with Gasteiger partial charge in [-0.2, -0.15) is 0 Å². The maximum absolute atomic E-state index is 13.1. The Bertz CT molecular complexity index is 1320. The van der Waals surface area contributed by atoms with Crippen molar-refractivity contribution in [2.45, 2.75) is 6.54 Å². The van der Waals surface area contributed by atoms with E-state index < -0.39 is 17.7 Å². The minimum atomic E-state index is -0.411. The molecule has 178 valence electrons. The molecule has 2 aliphatic rings. The van der Waals surface area contributed by atoms with Crippen LogP contribution in [0.3, 0.4) is 0 Å². The van der Waals surface area contributed by atoms with Crippen molar-refractivity contribution in [3.05, 3.63) is 76.9 Å². The van der Waals surface area contributed by atoms with Crippen LogP contribution in [0.2, 0.25) is 0 Å². The largest absolute Gasteiger partial charge is 0.493 e. The van der Waals surface area contributed by atoms with Crippen LogP contribution in [0, 0.1) is 0 Å². The summed E-state index contributed by atoms with van der Waals surface area (Å²) in [6.07, 6.45) is 0. The normalized spacial score (nSPS) is 13.9. The summed E-state index contributed by atoms with van der Waals surface area (Å²) in [7, 11) is 2.91. The van der Waals surface area contributed by atoms with Crippen molar-refractivity contribution >= 4 is 23.4 Å². The molecule has 2 heterocycles. The number of methoxy groups -OCH3 is 2. The van der Waals surface area contributed by atoms with Crippen molar-refractivity contribution in [1.82, 2.24) is 4.90 Å². The lowest BCUT2D eigenvalue weighted by Gasteiger charge is -2.20. The van der Waals surface area contributed by atoms with Crippen molar-refractivity contribution in [2.75, 3.05) is 32.8 Å². The molecule has 0 atom stereocenters. The van der Waals surface area contributed by atoms with Gasteiger partial charge in [-0.05, 0) is 36.4 Å². The van der Waals surface area contributed by atoms with E-state index in [1.165, 1.54) is 20.3 Å². The van der Waals surface area contributed by atoms with E-state index in [1.54, 1.807) is 48.5 Å². The van der Waals surface area contributed by atoms with Gasteiger partial charge in [0.2, 0.25) is 0 Å². The van der Waals surface area contributed by atoms with Crippen LogP contribution in [0.1, 0.15) is 36.6 Å². The van der Waals surface area contributed by atoms with E-state index in [9.17, 15) is 14.4 Å². The average Bonchev–Trinajstić information content (AvgIpc) is 3.13. The Morgan fingerprint density at radius 2 is 1.60 bits per heavy atom. The molecule has 0 aliphatic carbocycles. The maximum Gasteiger partial charge on any atom is 0.261 e. The first-order valence-electron chi connectivity index (χ1n) is 10.9. The molecule has 0 radical (unpaired) electrons. The summed E-state index contributed by atoms with van der Waals surface area (Å²) in [6.45, 7) is 0.818. The van der Waals surface area contributed by atoms with Crippen molar-refractivity contribution in [3.63, 3.8) is 0 Å². The zero-order chi connectivity index (χ0) is 24.5. The number of benzene rings is 3. The predicted molar refractivity (Wildman–Crippen MR) is 126 cm³/mol. The third kappa shape index (κ3) is 4.01. The number of anilines is 1. The quantitative estimate of drug-likeness (QED) is 0.545. The van der Waals surface area contributed by atoms with Crippen LogP contribution >= 0.6 is 0 Å². The Morgan fingerprint density at radius 3 is 2.26 bits per heavy atom. The average molecular weight is 474 g/mol. The lowest BCUT2D eigenvalue weighted by Crippen LogP contribution is -2.29. The molecule has 0 bridgehead atoms. The molecule has 3 amide bonds. The minimum absolute atomic E-state index is 0.0863. The molecule has 9 nitrogen and oxygen atoms in total. The highest BCUT2D eigenvalue weighted by molar-refractivity contribution is 6.21. The van der Waals surface area contributed by atoms with Gasteiger partial charge in [0.05, 0.1) is 31.9 Å². The van der Waals surface area contributed by atoms with E-state index in [0.717, 1.165) is 4.90 Å². The molecule has 2 aliphatic heterocycles. The smallest absolute Gasteiger partial charge is 0.261 e. The number of ether oxygens (including phenoxy) is 4. The maximum atomic E-state index is 13.1. The van der Waals surface area contributed by atoms with Gasteiger partial charge in [-0.15, -0.1) is 0 Å². The van der Waals surface area contributed by atoms with Gasteiger partial charge in [0.1, 0.15) is 13.2 Å². The van der Waals surface area contributed by atoms with E-state index in [1.807, 2.05) is 0 Å². The van der Waals surface area contributed by atoms with Crippen LogP contribution in [0.15, 0.2) is 54.6 Å². The van der Waals surface area contributed by atoms with Crippen LogP contribution in [0.5, 0.6) is 23.0 Å². The molecule has 3 aromatic rings. The van der Waals surface area contributed by atoms with Gasteiger partial charge in [0.25, 0.3) is 17.7 Å². The number of rotatable bonds is 6. The van der Waals surface area contributed by atoms with Crippen LogP contribution in [-0.4, -0.2) is 50.1 Å². The third-order valence-electron chi connectivity index (χ3n) is 5.82. The standard InChI is InChI=1S/C26H22N2O7/c1-32-22-12-15(24(29)27-17-7-8-20-21(13-17)35-10-9-34-20)11-16(23(22)33-2)14-28-25(30)18-5-3-4-6-19(18)26(28)31/h3-8,11-13H,9-10,14H2,1-2H3,(H,27,29).